The Bertz CT molecular complexity index is 619. The van der Waals surface area contributed by atoms with Gasteiger partial charge in [-0.25, -0.2) is 0 Å². The Labute approximate surface area is 155 Å². The Balaban J connectivity index is 1.77. The van der Waals surface area contributed by atoms with Crippen molar-refractivity contribution in [2.45, 2.75) is 58.8 Å². The normalized spacial score (nSPS) is 47.6. The predicted octanol–water partition coefficient (Wildman–Crippen LogP) is 3.57. The molecule has 0 aliphatic heterocycles. The Morgan fingerprint density at radius 1 is 1.05 bits per heavy atom. The van der Waals surface area contributed by atoms with E-state index in [1.54, 1.807) is 42.6 Å². The molecule has 0 spiro atoms. The number of fused-ring (bicyclic) bond motifs is 5. The van der Waals surface area contributed by atoms with Crippen LogP contribution in [-0.2, 0) is 43.5 Å². The van der Waals surface area contributed by atoms with Crippen LogP contribution in [0.5, 0.6) is 0 Å². The maximum absolute atomic E-state index is 11.9. The monoisotopic (exact) mass is 636 g/mol. The van der Waals surface area contributed by atoms with Gasteiger partial charge in [-0.1, -0.05) is 0 Å². The molecule has 5 atom stereocenters. The van der Waals surface area contributed by atoms with Crippen molar-refractivity contribution in [3.63, 3.8) is 0 Å². The summed E-state index contributed by atoms with van der Waals surface area (Å²) in [6.07, 6.45) is 10.7. The quantitative estimate of drug-likeness (QED) is 0.398. The van der Waals surface area contributed by atoms with Crippen molar-refractivity contribution in [1.29, 1.82) is 0 Å². The SMILES string of the molecule is CC12CCC3C([C](=[W])CC4=CC(=O)CCC43C)C1CC[C]2=[W]. The van der Waals surface area contributed by atoms with E-state index in [1.807, 2.05) is 9.97 Å². The number of hydrogen-bond donors (Lipinski definition) is 0. The van der Waals surface area contributed by atoms with Crippen LogP contribution in [0.25, 0.3) is 0 Å². The van der Waals surface area contributed by atoms with Gasteiger partial charge < -0.3 is 0 Å². The van der Waals surface area contributed by atoms with Crippen LogP contribution in [-0.4, -0.2) is 13.6 Å². The molecule has 3 heteroatoms. The summed E-state index contributed by atoms with van der Waals surface area (Å²) in [4.78, 5) is 11.9. The molecule has 0 radical (unpaired) electrons. The van der Waals surface area contributed by atoms with Crippen LogP contribution in [0.4, 0.5) is 0 Å². The molecule has 5 unspecified atom stereocenters. The fraction of sp³-hybridized carbons (Fsp3) is 0.737. The van der Waals surface area contributed by atoms with Gasteiger partial charge in [-0.05, 0) is 0 Å². The number of rotatable bonds is 0. The summed E-state index contributed by atoms with van der Waals surface area (Å²) in [7, 11) is 0. The van der Waals surface area contributed by atoms with E-state index < -0.39 is 0 Å². The molecule has 118 valence electrons. The number of allylic oxidation sites excluding steroid dienone is 1. The molecule has 0 aromatic heterocycles. The molecule has 3 saturated carbocycles. The molecule has 0 aromatic rings. The van der Waals surface area contributed by atoms with Crippen LogP contribution >= 0.6 is 0 Å². The zero-order chi connectivity index (χ0) is 15.7. The van der Waals surface area contributed by atoms with Gasteiger partial charge in [0, 0.05) is 0 Å². The minimum absolute atomic E-state index is 0.322. The van der Waals surface area contributed by atoms with Crippen molar-refractivity contribution in [2.24, 2.45) is 28.6 Å². The first-order valence-corrected chi connectivity index (χ1v) is 11.6. The summed E-state index contributed by atoms with van der Waals surface area (Å²) in [6, 6.07) is 0. The van der Waals surface area contributed by atoms with E-state index in [0.717, 1.165) is 37.0 Å². The number of carbonyl (C=O) groups is 1. The molecule has 4 aliphatic rings. The molecule has 0 bridgehead atoms. The molecule has 4 aliphatic carbocycles. The molecule has 0 amide bonds. The summed E-state index contributed by atoms with van der Waals surface area (Å²) in [5, 5.41) is 0. The summed E-state index contributed by atoms with van der Waals surface area (Å²) in [6.45, 7) is 5.06. The van der Waals surface area contributed by atoms with Crippen LogP contribution in [0.3, 0.4) is 0 Å². The van der Waals surface area contributed by atoms with Crippen molar-refractivity contribution in [1.82, 2.24) is 0 Å². The first kappa shape index (κ1) is 16.0. The molecule has 1 nitrogen and oxygen atoms in total. The number of ketones is 1. The summed E-state index contributed by atoms with van der Waals surface area (Å²) >= 11 is 3.43. The van der Waals surface area contributed by atoms with Crippen molar-refractivity contribution >= 4 is 13.6 Å². The van der Waals surface area contributed by atoms with Crippen LogP contribution in [0.2, 0.25) is 0 Å². The van der Waals surface area contributed by atoms with Crippen LogP contribution in [0, 0.1) is 28.6 Å². The Kier molecular flexibility index (Phi) is 3.83. The molecule has 4 rings (SSSR count). The summed E-state index contributed by atoms with van der Waals surface area (Å²) in [5.74, 6) is 2.94. The van der Waals surface area contributed by atoms with Crippen LogP contribution < -0.4 is 0 Å². The van der Waals surface area contributed by atoms with Gasteiger partial charge in [0.1, 0.15) is 0 Å². The Morgan fingerprint density at radius 3 is 2.55 bits per heavy atom. The van der Waals surface area contributed by atoms with Crippen LogP contribution in [0.15, 0.2) is 11.6 Å². The second kappa shape index (κ2) is 5.26. The molecule has 0 saturated heterocycles. The molecule has 0 N–H and O–H groups in total. The second-order valence-corrected chi connectivity index (χ2v) is 12.0. The van der Waals surface area contributed by atoms with Crippen LogP contribution in [0.1, 0.15) is 58.8 Å². The van der Waals surface area contributed by atoms with Gasteiger partial charge in [0.25, 0.3) is 0 Å². The van der Waals surface area contributed by atoms with Crippen molar-refractivity contribution in [2.75, 3.05) is 0 Å². The Hall–Kier alpha value is 0.527. The van der Waals surface area contributed by atoms with E-state index in [0.29, 0.717) is 16.6 Å². The molecule has 3 fully saturated rings. The van der Waals surface area contributed by atoms with Gasteiger partial charge >= 0.3 is 156 Å². The van der Waals surface area contributed by atoms with Gasteiger partial charge in [0.15, 0.2) is 0 Å². The van der Waals surface area contributed by atoms with E-state index in [4.69, 9.17) is 0 Å². The van der Waals surface area contributed by atoms with E-state index in [1.165, 1.54) is 31.3 Å². The molecule has 0 heterocycles. The first-order chi connectivity index (χ1) is 10.4. The average Bonchev–Trinajstić information content (AvgIpc) is 2.77. The standard InChI is InChI=1S/C19H24O.2W/c1-18-9-3-4-16(18)15-6-5-13-12-14(20)7-11-19(13,2)17(15)8-10-18;;/h12,15-17H,3-5,7-8,10-11H2,1-2H3;;. The average molecular weight is 636 g/mol. The molecule has 0 aromatic carbocycles. The van der Waals surface area contributed by atoms with Gasteiger partial charge in [0.05, 0.1) is 0 Å². The zero-order valence-electron chi connectivity index (χ0n) is 13.5. The van der Waals surface area contributed by atoms with Crippen molar-refractivity contribution in [3.8, 4) is 0 Å². The number of carbonyl (C=O) groups excluding carboxylic acids is 1. The first-order valence-electron chi connectivity index (χ1n) is 8.66. The molecular weight excluding hydrogens is 612 g/mol. The third-order valence-electron chi connectivity index (χ3n) is 7.49. The van der Waals surface area contributed by atoms with Crippen molar-refractivity contribution in [3.05, 3.63) is 11.6 Å². The second-order valence-electron chi connectivity index (χ2n) is 8.35. The molecular formula is C19H24OW2. The fourth-order valence-electron chi connectivity index (χ4n) is 6.03. The van der Waals surface area contributed by atoms with E-state index in [2.05, 4.69) is 13.8 Å². The van der Waals surface area contributed by atoms with E-state index in [-0.39, 0.29) is 0 Å². The summed E-state index contributed by atoms with van der Waals surface area (Å²) < 4.78 is 3.62. The third kappa shape index (κ3) is 2.07. The Morgan fingerprint density at radius 2 is 1.77 bits per heavy atom. The van der Waals surface area contributed by atoms with E-state index >= 15 is 0 Å². The fourth-order valence-corrected chi connectivity index (χ4v) is 9.11. The van der Waals surface area contributed by atoms with Gasteiger partial charge in [-0.15, -0.1) is 0 Å². The van der Waals surface area contributed by atoms with E-state index in [9.17, 15) is 4.79 Å². The maximum atomic E-state index is 11.9. The number of hydrogen-bond acceptors (Lipinski definition) is 1. The molecule has 22 heavy (non-hydrogen) atoms. The van der Waals surface area contributed by atoms with Gasteiger partial charge in [-0.3, -0.25) is 0 Å². The predicted molar refractivity (Wildman–Crippen MR) is 82.1 cm³/mol. The summed E-state index contributed by atoms with van der Waals surface area (Å²) in [5.41, 5.74) is 2.35. The zero-order valence-corrected chi connectivity index (χ0v) is 19.4. The third-order valence-corrected chi connectivity index (χ3v) is 11.4. The topological polar surface area (TPSA) is 17.1 Å². The minimum atomic E-state index is 0.322. The van der Waals surface area contributed by atoms with Gasteiger partial charge in [0.2, 0.25) is 0 Å². The van der Waals surface area contributed by atoms with Crippen molar-refractivity contribution < 1.29 is 43.5 Å². The van der Waals surface area contributed by atoms with Gasteiger partial charge in [-0.2, -0.15) is 0 Å².